The van der Waals surface area contributed by atoms with Gasteiger partial charge in [0.2, 0.25) is 5.91 Å². The number of nitrogens with zero attached hydrogens (tertiary/aromatic N) is 2. The van der Waals surface area contributed by atoms with E-state index in [2.05, 4.69) is 5.32 Å². The smallest absolute Gasteiger partial charge is 0.345 e. The molecule has 2 atom stereocenters. The van der Waals surface area contributed by atoms with Crippen molar-refractivity contribution in [2.75, 3.05) is 13.1 Å². The molecule has 0 saturated carbocycles. The zero-order chi connectivity index (χ0) is 19.3. The average Bonchev–Trinajstić information content (AvgIpc) is 2.98. The van der Waals surface area contributed by atoms with Gasteiger partial charge < -0.3 is 10.2 Å². The summed E-state index contributed by atoms with van der Waals surface area (Å²) in [6.07, 6.45) is 2.22. The fourth-order valence-electron chi connectivity index (χ4n) is 3.88. The molecule has 2 aliphatic heterocycles. The zero-order valence-corrected chi connectivity index (χ0v) is 15.8. The summed E-state index contributed by atoms with van der Waals surface area (Å²) >= 11 is 0. The number of hydrogen-bond donors (Lipinski definition) is 1. The molecule has 2 aromatic rings. The van der Waals surface area contributed by atoms with Gasteiger partial charge in [0.15, 0.2) is 0 Å². The molecule has 3 amide bonds. The van der Waals surface area contributed by atoms with Crippen molar-refractivity contribution in [1.29, 1.82) is 0 Å². The lowest BCUT2D eigenvalue weighted by Crippen LogP contribution is -2.50. The Hall–Kier alpha value is -2.86. The molecule has 0 radical (unpaired) electrons. The van der Waals surface area contributed by atoms with E-state index in [1.165, 1.54) is 10.6 Å². The second-order valence-corrected chi connectivity index (χ2v) is 7.29. The van der Waals surface area contributed by atoms with Crippen LogP contribution in [0.15, 0.2) is 60.7 Å². The van der Waals surface area contributed by atoms with Gasteiger partial charge in [0.1, 0.15) is 12.6 Å². The van der Waals surface area contributed by atoms with Crippen LogP contribution in [0.5, 0.6) is 0 Å². The molecule has 2 fully saturated rings. The summed E-state index contributed by atoms with van der Waals surface area (Å²) in [5.41, 5.74) is 2.20. The number of carbonyl (C=O) groups is 2. The minimum Gasteiger partial charge on any atom is -0.354 e. The molecule has 0 unspecified atom stereocenters. The minimum atomic E-state index is -0.412. The van der Waals surface area contributed by atoms with Crippen LogP contribution in [0.1, 0.15) is 24.0 Å². The normalized spacial score (nSPS) is 21.1. The van der Waals surface area contributed by atoms with Crippen LogP contribution in [0.25, 0.3) is 0 Å². The highest BCUT2D eigenvalue weighted by Gasteiger charge is 2.47. The number of piperidine rings is 1. The van der Waals surface area contributed by atoms with Crippen LogP contribution in [0.4, 0.5) is 4.79 Å². The quantitative estimate of drug-likeness (QED) is 0.805. The third-order valence-corrected chi connectivity index (χ3v) is 5.39. The number of benzene rings is 2. The van der Waals surface area contributed by atoms with Crippen molar-refractivity contribution in [3.63, 3.8) is 0 Å². The Balaban J connectivity index is 1.30. The van der Waals surface area contributed by atoms with E-state index in [1.807, 2.05) is 60.7 Å². The first-order valence-electron chi connectivity index (χ1n) is 9.80. The average molecular weight is 379 g/mol. The molecule has 0 aromatic heterocycles. The van der Waals surface area contributed by atoms with Gasteiger partial charge in [-0.1, -0.05) is 60.7 Å². The minimum absolute atomic E-state index is 0.0181. The van der Waals surface area contributed by atoms with Gasteiger partial charge in [0.25, 0.3) is 0 Å². The van der Waals surface area contributed by atoms with E-state index in [1.54, 1.807) is 4.90 Å². The fraction of sp³-hybridized carbons (Fsp3) is 0.364. The lowest BCUT2D eigenvalue weighted by atomic mass is 10.0. The monoisotopic (exact) mass is 379 g/mol. The van der Waals surface area contributed by atoms with Crippen molar-refractivity contribution < 1.29 is 14.4 Å². The SMILES string of the molecule is O=C(NCCc1ccccc1)[C@@H]1CC[C@H]2CN1C(=O)N2OCc1ccccc1. The summed E-state index contributed by atoms with van der Waals surface area (Å²) in [6.45, 7) is 1.47. The Kier molecular flexibility index (Phi) is 5.58. The number of rotatable bonds is 7. The van der Waals surface area contributed by atoms with Crippen molar-refractivity contribution >= 4 is 11.9 Å². The maximum Gasteiger partial charge on any atom is 0.345 e. The number of hydroxylamine groups is 2. The summed E-state index contributed by atoms with van der Waals surface area (Å²) in [4.78, 5) is 32.9. The van der Waals surface area contributed by atoms with E-state index in [4.69, 9.17) is 4.84 Å². The Morgan fingerprint density at radius 1 is 1.00 bits per heavy atom. The van der Waals surface area contributed by atoms with Gasteiger partial charge in [0.05, 0.1) is 6.04 Å². The van der Waals surface area contributed by atoms with Gasteiger partial charge in [-0.05, 0) is 30.4 Å². The summed E-state index contributed by atoms with van der Waals surface area (Å²) in [7, 11) is 0. The number of carbonyl (C=O) groups excluding carboxylic acids is 2. The first-order chi connectivity index (χ1) is 13.7. The highest BCUT2D eigenvalue weighted by atomic mass is 16.7. The molecular weight excluding hydrogens is 354 g/mol. The molecule has 146 valence electrons. The van der Waals surface area contributed by atoms with Gasteiger partial charge in [-0.2, -0.15) is 5.06 Å². The van der Waals surface area contributed by atoms with E-state index >= 15 is 0 Å². The summed E-state index contributed by atoms with van der Waals surface area (Å²) in [5.74, 6) is -0.0763. The molecule has 2 aliphatic rings. The van der Waals surface area contributed by atoms with Crippen molar-refractivity contribution in [2.45, 2.75) is 38.0 Å². The molecule has 1 N–H and O–H groups in total. The molecule has 6 heteroatoms. The number of nitrogens with one attached hydrogen (secondary N) is 1. The molecule has 4 rings (SSSR count). The molecule has 28 heavy (non-hydrogen) atoms. The highest BCUT2D eigenvalue weighted by Crippen LogP contribution is 2.30. The number of fused-ring (bicyclic) bond motifs is 2. The second kappa shape index (κ2) is 8.44. The third-order valence-electron chi connectivity index (χ3n) is 5.39. The Morgan fingerprint density at radius 3 is 2.39 bits per heavy atom. The zero-order valence-electron chi connectivity index (χ0n) is 15.8. The number of hydrogen-bond acceptors (Lipinski definition) is 3. The molecule has 2 bridgehead atoms. The largest absolute Gasteiger partial charge is 0.354 e. The van der Waals surface area contributed by atoms with Gasteiger partial charge >= 0.3 is 6.03 Å². The van der Waals surface area contributed by atoms with Gasteiger partial charge in [0, 0.05) is 13.1 Å². The van der Waals surface area contributed by atoms with E-state index in [0.29, 0.717) is 26.1 Å². The lowest BCUT2D eigenvalue weighted by molar-refractivity contribution is -0.140. The highest BCUT2D eigenvalue weighted by molar-refractivity contribution is 5.88. The number of amides is 3. The van der Waals surface area contributed by atoms with Crippen molar-refractivity contribution in [2.24, 2.45) is 0 Å². The number of urea groups is 1. The van der Waals surface area contributed by atoms with Gasteiger partial charge in [-0.15, -0.1) is 0 Å². The molecule has 0 aliphatic carbocycles. The maximum absolute atomic E-state index is 12.8. The molecule has 0 spiro atoms. The Morgan fingerprint density at radius 2 is 1.68 bits per heavy atom. The molecule has 2 heterocycles. The Labute approximate surface area is 165 Å². The van der Waals surface area contributed by atoms with Gasteiger partial charge in [-0.3, -0.25) is 9.63 Å². The van der Waals surface area contributed by atoms with Crippen LogP contribution < -0.4 is 5.32 Å². The molecular formula is C22H25N3O3. The second-order valence-electron chi connectivity index (χ2n) is 7.29. The third kappa shape index (κ3) is 4.02. The summed E-state index contributed by atoms with van der Waals surface area (Å²) in [6, 6.07) is 19.2. The summed E-state index contributed by atoms with van der Waals surface area (Å²) < 4.78 is 0. The lowest BCUT2D eigenvalue weighted by Gasteiger charge is -2.29. The molecule has 2 aromatic carbocycles. The summed E-state index contributed by atoms with van der Waals surface area (Å²) in [5, 5.41) is 4.45. The van der Waals surface area contributed by atoms with Crippen LogP contribution >= 0.6 is 0 Å². The van der Waals surface area contributed by atoms with Crippen molar-refractivity contribution in [1.82, 2.24) is 15.3 Å². The fourth-order valence-corrected chi connectivity index (χ4v) is 3.88. The predicted octanol–water partition coefficient (Wildman–Crippen LogP) is 2.75. The first kappa shape index (κ1) is 18.5. The van der Waals surface area contributed by atoms with Gasteiger partial charge in [-0.25, -0.2) is 4.79 Å². The molecule has 2 saturated heterocycles. The predicted molar refractivity (Wildman–Crippen MR) is 105 cm³/mol. The topological polar surface area (TPSA) is 61.9 Å². The van der Waals surface area contributed by atoms with Crippen LogP contribution in [0.3, 0.4) is 0 Å². The van der Waals surface area contributed by atoms with Crippen molar-refractivity contribution in [3.8, 4) is 0 Å². The molecule has 6 nitrogen and oxygen atoms in total. The van der Waals surface area contributed by atoms with E-state index in [-0.39, 0.29) is 18.0 Å². The standard InChI is InChI=1S/C22H25N3O3/c26-21(23-14-13-17-7-3-1-4-8-17)20-12-11-19-15-24(20)22(27)25(19)28-16-18-9-5-2-6-10-18/h1-10,19-20H,11-16H2,(H,23,26)/t19-,20-/m0/s1. The van der Waals surface area contributed by atoms with Crippen molar-refractivity contribution in [3.05, 3.63) is 71.8 Å². The van der Waals surface area contributed by atoms with Crippen LogP contribution in [0, 0.1) is 0 Å². The van der Waals surface area contributed by atoms with Crippen LogP contribution in [-0.4, -0.2) is 47.1 Å². The van der Waals surface area contributed by atoms with Crippen LogP contribution in [-0.2, 0) is 22.7 Å². The van der Waals surface area contributed by atoms with E-state index in [9.17, 15) is 9.59 Å². The van der Waals surface area contributed by atoms with Crippen LogP contribution in [0.2, 0.25) is 0 Å². The van der Waals surface area contributed by atoms with E-state index in [0.717, 1.165) is 18.4 Å². The Bertz CT molecular complexity index is 812. The first-order valence-corrected chi connectivity index (χ1v) is 9.80. The van der Waals surface area contributed by atoms with E-state index < -0.39 is 6.04 Å². The maximum atomic E-state index is 12.8.